The predicted octanol–water partition coefficient (Wildman–Crippen LogP) is 0.840. The number of carbonyl (C=O) groups is 2. The van der Waals surface area contributed by atoms with E-state index in [1.54, 1.807) is 19.2 Å². The number of rotatable bonds is 7. The number of likely N-dealkylation sites (N-methyl/N-ethyl adjacent to an activating group) is 2. The van der Waals surface area contributed by atoms with Crippen LogP contribution in [-0.2, 0) is 4.79 Å². The lowest BCUT2D eigenvalue weighted by atomic mass is 10.4. The highest BCUT2D eigenvalue weighted by Gasteiger charge is 2.17. The smallest absolute Gasteiger partial charge is 0.289 e. The summed E-state index contributed by atoms with van der Waals surface area (Å²) in [5, 5.41) is 5.82. The lowest BCUT2D eigenvalue weighted by Crippen LogP contribution is -2.40. The first kappa shape index (κ1) is 15.7. The van der Waals surface area contributed by atoms with Gasteiger partial charge >= 0.3 is 0 Å². The van der Waals surface area contributed by atoms with Gasteiger partial charge < -0.3 is 20.0 Å². The molecule has 0 spiro atoms. The van der Waals surface area contributed by atoms with Gasteiger partial charge in [0.2, 0.25) is 5.91 Å². The van der Waals surface area contributed by atoms with E-state index < -0.39 is 0 Å². The van der Waals surface area contributed by atoms with Gasteiger partial charge in [0.15, 0.2) is 10.4 Å². The molecule has 0 unspecified atom stereocenters. The highest BCUT2D eigenvalue weighted by atomic mass is 79.9. The van der Waals surface area contributed by atoms with Crippen LogP contribution in [0.5, 0.6) is 0 Å². The Bertz CT molecular complexity index is 434. The maximum absolute atomic E-state index is 11.9. The van der Waals surface area contributed by atoms with Gasteiger partial charge in [0, 0.05) is 20.1 Å². The number of nitrogens with zero attached hydrogens (tertiary/aromatic N) is 1. The van der Waals surface area contributed by atoms with Gasteiger partial charge in [0.1, 0.15) is 0 Å². The molecule has 0 atom stereocenters. The zero-order chi connectivity index (χ0) is 14.3. The Morgan fingerprint density at radius 2 is 2.11 bits per heavy atom. The van der Waals surface area contributed by atoms with Crippen molar-refractivity contribution in [1.82, 2.24) is 15.5 Å². The SMILES string of the molecule is CCNCCNC(=O)CN(C)C(=O)c1ccc(Br)o1. The normalized spacial score (nSPS) is 10.3. The topological polar surface area (TPSA) is 74.6 Å². The summed E-state index contributed by atoms with van der Waals surface area (Å²) in [6.07, 6.45) is 0. The van der Waals surface area contributed by atoms with E-state index in [0.717, 1.165) is 6.54 Å². The van der Waals surface area contributed by atoms with Crippen molar-refractivity contribution in [3.05, 3.63) is 22.6 Å². The van der Waals surface area contributed by atoms with E-state index in [1.165, 1.54) is 4.90 Å². The van der Waals surface area contributed by atoms with Crippen LogP contribution >= 0.6 is 15.9 Å². The predicted molar refractivity (Wildman–Crippen MR) is 74.9 cm³/mol. The van der Waals surface area contributed by atoms with E-state index in [0.29, 0.717) is 17.8 Å². The van der Waals surface area contributed by atoms with Crippen LogP contribution in [-0.4, -0.2) is 49.9 Å². The summed E-state index contributed by atoms with van der Waals surface area (Å²) in [5.74, 6) is -0.318. The molecule has 0 bridgehead atoms. The Morgan fingerprint density at radius 1 is 1.37 bits per heavy atom. The van der Waals surface area contributed by atoms with Crippen molar-refractivity contribution >= 4 is 27.7 Å². The quantitative estimate of drug-likeness (QED) is 0.726. The lowest BCUT2D eigenvalue weighted by Gasteiger charge is -2.15. The summed E-state index contributed by atoms with van der Waals surface area (Å²) in [5.41, 5.74) is 0. The summed E-state index contributed by atoms with van der Waals surface area (Å²) in [6, 6.07) is 3.20. The van der Waals surface area contributed by atoms with E-state index in [-0.39, 0.29) is 24.1 Å². The summed E-state index contributed by atoms with van der Waals surface area (Å²) >= 11 is 3.13. The number of amides is 2. The van der Waals surface area contributed by atoms with Crippen LogP contribution in [0.1, 0.15) is 17.5 Å². The van der Waals surface area contributed by atoms with Crippen LogP contribution in [0.3, 0.4) is 0 Å². The second kappa shape index (κ2) is 7.96. The third-order valence-corrected chi connectivity index (χ3v) is 2.81. The fourth-order valence-electron chi connectivity index (χ4n) is 1.43. The van der Waals surface area contributed by atoms with Crippen molar-refractivity contribution < 1.29 is 14.0 Å². The average Bonchev–Trinajstić information content (AvgIpc) is 2.80. The van der Waals surface area contributed by atoms with E-state index >= 15 is 0 Å². The van der Waals surface area contributed by atoms with E-state index in [4.69, 9.17) is 4.42 Å². The summed E-state index contributed by atoms with van der Waals surface area (Å²) in [4.78, 5) is 24.8. The van der Waals surface area contributed by atoms with Gasteiger partial charge in [0.25, 0.3) is 5.91 Å². The number of hydrogen-bond donors (Lipinski definition) is 2. The maximum Gasteiger partial charge on any atom is 0.289 e. The molecule has 106 valence electrons. The van der Waals surface area contributed by atoms with Gasteiger partial charge in [-0.2, -0.15) is 0 Å². The molecular formula is C12H18BrN3O3. The molecule has 1 heterocycles. The van der Waals surface area contributed by atoms with Crippen molar-refractivity contribution in [3.63, 3.8) is 0 Å². The van der Waals surface area contributed by atoms with Crippen molar-refractivity contribution in [3.8, 4) is 0 Å². The molecule has 1 aromatic rings. The Hall–Kier alpha value is -1.34. The number of halogens is 1. The monoisotopic (exact) mass is 331 g/mol. The molecule has 0 fully saturated rings. The Balaban J connectivity index is 2.35. The molecule has 6 nitrogen and oxygen atoms in total. The molecule has 19 heavy (non-hydrogen) atoms. The molecule has 0 aliphatic rings. The minimum absolute atomic E-state index is 0.00325. The zero-order valence-electron chi connectivity index (χ0n) is 11.0. The molecule has 2 N–H and O–H groups in total. The summed E-state index contributed by atoms with van der Waals surface area (Å²) in [7, 11) is 1.56. The molecular weight excluding hydrogens is 314 g/mol. The maximum atomic E-state index is 11.9. The van der Waals surface area contributed by atoms with Crippen LogP contribution in [0.25, 0.3) is 0 Å². The summed E-state index contributed by atoms with van der Waals surface area (Å²) < 4.78 is 5.63. The number of furan rings is 1. The minimum Gasteiger partial charge on any atom is -0.444 e. The third kappa shape index (κ3) is 5.44. The van der Waals surface area contributed by atoms with Crippen LogP contribution < -0.4 is 10.6 Å². The molecule has 0 aliphatic heterocycles. The third-order valence-electron chi connectivity index (χ3n) is 2.39. The van der Waals surface area contributed by atoms with Crippen molar-refractivity contribution in [2.45, 2.75) is 6.92 Å². The fraction of sp³-hybridized carbons (Fsp3) is 0.500. The Kier molecular flexibility index (Phi) is 6.58. The van der Waals surface area contributed by atoms with Crippen molar-refractivity contribution in [1.29, 1.82) is 0 Å². The van der Waals surface area contributed by atoms with E-state index in [2.05, 4.69) is 26.6 Å². The molecule has 1 rings (SSSR count). The molecule has 0 aromatic carbocycles. The molecule has 0 saturated carbocycles. The van der Waals surface area contributed by atoms with Crippen LogP contribution in [0.4, 0.5) is 0 Å². The first-order valence-electron chi connectivity index (χ1n) is 6.02. The zero-order valence-corrected chi connectivity index (χ0v) is 12.6. The van der Waals surface area contributed by atoms with Gasteiger partial charge in [-0.3, -0.25) is 9.59 Å². The van der Waals surface area contributed by atoms with Gasteiger partial charge in [0.05, 0.1) is 6.54 Å². The van der Waals surface area contributed by atoms with Crippen molar-refractivity contribution in [2.24, 2.45) is 0 Å². The lowest BCUT2D eigenvalue weighted by molar-refractivity contribution is -0.121. The number of nitrogens with one attached hydrogen (secondary N) is 2. The minimum atomic E-state index is -0.326. The second-order valence-corrected chi connectivity index (χ2v) is 4.75. The first-order chi connectivity index (χ1) is 9.04. The van der Waals surface area contributed by atoms with Gasteiger partial charge in [-0.05, 0) is 34.6 Å². The second-order valence-electron chi connectivity index (χ2n) is 3.97. The molecule has 0 aliphatic carbocycles. The number of hydrogen-bond acceptors (Lipinski definition) is 4. The highest BCUT2D eigenvalue weighted by molar-refractivity contribution is 9.10. The highest BCUT2D eigenvalue weighted by Crippen LogP contribution is 2.15. The first-order valence-corrected chi connectivity index (χ1v) is 6.82. The van der Waals surface area contributed by atoms with Gasteiger partial charge in [-0.1, -0.05) is 6.92 Å². The van der Waals surface area contributed by atoms with E-state index in [1.807, 2.05) is 6.92 Å². The van der Waals surface area contributed by atoms with Crippen LogP contribution in [0, 0.1) is 0 Å². The van der Waals surface area contributed by atoms with Crippen molar-refractivity contribution in [2.75, 3.05) is 33.2 Å². The molecule has 7 heteroatoms. The number of carbonyl (C=O) groups excluding carboxylic acids is 2. The Morgan fingerprint density at radius 3 is 2.68 bits per heavy atom. The fourth-order valence-corrected chi connectivity index (χ4v) is 1.73. The molecule has 1 aromatic heterocycles. The molecule has 0 radical (unpaired) electrons. The molecule has 0 saturated heterocycles. The summed E-state index contributed by atoms with van der Waals surface area (Å²) in [6.45, 7) is 4.12. The Labute approximate surface area is 120 Å². The van der Waals surface area contributed by atoms with Crippen LogP contribution in [0.2, 0.25) is 0 Å². The van der Waals surface area contributed by atoms with Gasteiger partial charge in [-0.25, -0.2) is 0 Å². The van der Waals surface area contributed by atoms with Crippen LogP contribution in [0.15, 0.2) is 21.2 Å². The largest absolute Gasteiger partial charge is 0.444 e. The van der Waals surface area contributed by atoms with Gasteiger partial charge in [-0.15, -0.1) is 0 Å². The van der Waals surface area contributed by atoms with E-state index in [9.17, 15) is 9.59 Å². The molecule has 2 amide bonds. The standard InChI is InChI=1S/C12H18BrN3O3/c1-3-14-6-7-15-11(17)8-16(2)12(18)9-4-5-10(13)19-9/h4-5,14H,3,6-8H2,1-2H3,(H,15,17). The average molecular weight is 332 g/mol.